The van der Waals surface area contributed by atoms with Gasteiger partial charge in [-0.05, 0) is 78.8 Å². The van der Waals surface area contributed by atoms with Gasteiger partial charge in [-0.2, -0.15) is 0 Å². The van der Waals surface area contributed by atoms with E-state index in [0.717, 1.165) is 9.13 Å². The summed E-state index contributed by atoms with van der Waals surface area (Å²) < 4.78 is 19.4. The molecule has 36 heavy (non-hydrogen) atoms. The number of thiazole rings is 1. The van der Waals surface area contributed by atoms with Crippen LogP contribution in [0.15, 0.2) is 57.5 Å². The number of ether oxygens (including phenoxy) is 3. The standard InChI is InChI=1S/C26H24ClIN2O5S/c1-5-34-23-18(28)11-15(12-19(23)33-4)13-20-24(31)30-22(16-9-7-8-10-17(16)27)21(25(32)35-6-2)14(3)29-26(30)36-20/h7-13,22H,5-6H2,1-4H3/b20-13-. The van der Waals surface area contributed by atoms with Crippen molar-refractivity contribution in [1.29, 1.82) is 0 Å². The largest absolute Gasteiger partial charge is 0.493 e. The van der Waals surface area contributed by atoms with Gasteiger partial charge in [0.25, 0.3) is 5.56 Å². The van der Waals surface area contributed by atoms with E-state index < -0.39 is 12.0 Å². The quantitative estimate of drug-likeness (QED) is 0.282. The number of hydrogen-bond acceptors (Lipinski definition) is 7. The molecule has 10 heteroatoms. The molecule has 188 valence electrons. The molecule has 2 heterocycles. The number of rotatable bonds is 7. The van der Waals surface area contributed by atoms with Crippen LogP contribution < -0.4 is 24.4 Å². The Morgan fingerprint density at radius 1 is 1.25 bits per heavy atom. The molecule has 0 bridgehead atoms. The van der Waals surface area contributed by atoms with Crippen molar-refractivity contribution in [2.24, 2.45) is 4.99 Å². The number of hydrogen-bond donors (Lipinski definition) is 0. The minimum Gasteiger partial charge on any atom is -0.493 e. The van der Waals surface area contributed by atoms with Crippen LogP contribution in [0.1, 0.15) is 37.9 Å². The summed E-state index contributed by atoms with van der Waals surface area (Å²) in [5, 5.41) is 0.444. The third-order valence-corrected chi connectivity index (χ3v) is 7.68. The van der Waals surface area contributed by atoms with E-state index in [9.17, 15) is 9.59 Å². The number of aromatic nitrogens is 1. The average Bonchev–Trinajstić information content (AvgIpc) is 3.14. The van der Waals surface area contributed by atoms with E-state index >= 15 is 0 Å². The number of carbonyl (C=O) groups excluding carboxylic acids is 1. The Balaban J connectivity index is 1.94. The van der Waals surface area contributed by atoms with Gasteiger partial charge in [-0.25, -0.2) is 9.79 Å². The molecule has 1 aliphatic heterocycles. The minimum absolute atomic E-state index is 0.202. The number of allylic oxidation sites excluding steroid dienone is 1. The van der Waals surface area contributed by atoms with Crippen LogP contribution in [0.3, 0.4) is 0 Å². The topological polar surface area (TPSA) is 79.1 Å². The lowest BCUT2D eigenvalue weighted by Gasteiger charge is -2.25. The molecule has 1 aliphatic rings. The van der Waals surface area contributed by atoms with E-state index in [0.29, 0.717) is 49.3 Å². The number of methoxy groups -OCH3 is 1. The van der Waals surface area contributed by atoms with Crippen LogP contribution in [0.4, 0.5) is 0 Å². The molecular formula is C26H24ClIN2O5S. The predicted octanol–water partition coefficient (Wildman–Crippen LogP) is 4.46. The summed E-state index contributed by atoms with van der Waals surface area (Å²) in [6.07, 6.45) is 1.79. The van der Waals surface area contributed by atoms with Crippen LogP contribution in [0.25, 0.3) is 6.08 Å². The first-order valence-electron chi connectivity index (χ1n) is 11.2. The predicted molar refractivity (Wildman–Crippen MR) is 149 cm³/mol. The van der Waals surface area contributed by atoms with Crippen LogP contribution in [0.5, 0.6) is 11.5 Å². The van der Waals surface area contributed by atoms with Crippen LogP contribution >= 0.6 is 45.5 Å². The molecular weight excluding hydrogens is 615 g/mol. The minimum atomic E-state index is -0.758. The van der Waals surface area contributed by atoms with Crippen molar-refractivity contribution >= 4 is 57.6 Å². The molecule has 2 aromatic carbocycles. The van der Waals surface area contributed by atoms with Crippen molar-refractivity contribution in [2.45, 2.75) is 26.8 Å². The van der Waals surface area contributed by atoms with E-state index in [1.54, 1.807) is 39.2 Å². The Morgan fingerprint density at radius 2 is 2.00 bits per heavy atom. The van der Waals surface area contributed by atoms with Gasteiger partial charge in [-0.3, -0.25) is 9.36 Å². The van der Waals surface area contributed by atoms with Crippen LogP contribution in [0.2, 0.25) is 5.02 Å². The average molecular weight is 639 g/mol. The van der Waals surface area contributed by atoms with Crippen molar-refractivity contribution in [1.82, 2.24) is 4.57 Å². The summed E-state index contributed by atoms with van der Waals surface area (Å²) >= 11 is 9.98. The van der Waals surface area contributed by atoms with Gasteiger partial charge in [-0.15, -0.1) is 0 Å². The maximum absolute atomic E-state index is 13.8. The Labute approximate surface area is 230 Å². The molecule has 3 aromatic rings. The zero-order valence-corrected chi connectivity index (χ0v) is 23.9. The Morgan fingerprint density at radius 3 is 2.67 bits per heavy atom. The monoisotopic (exact) mass is 638 g/mol. The first kappa shape index (κ1) is 26.4. The Kier molecular flexibility index (Phi) is 8.21. The molecule has 0 saturated carbocycles. The summed E-state index contributed by atoms with van der Waals surface area (Å²) in [6.45, 7) is 6.10. The van der Waals surface area contributed by atoms with E-state index in [4.69, 9.17) is 25.8 Å². The van der Waals surface area contributed by atoms with Crippen LogP contribution in [0, 0.1) is 3.57 Å². The lowest BCUT2D eigenvalue weighted by atomic mass is 9.96. The third-order valence-electron chi connectivity index (χ3n) is 5.56. The van der Waals surface area contributed by atoms with E-state index in [2.05, 4.69) is 27.6 Å². The van der Waals surface area contributed by atoms with Crippen LogP contribution in [-0.4, -0.2) is 30.9 Å². The Hall–Kier alpha value is -2.63. The van der Waals surface area contributed by atoms with Gasteiger partial charge in [0.1, 0.15) is 6.04 Å². The first-order valence-corrected chi connectivity index (χ1v) is 13.5. The van der Waals surface area contributed by atoms with E-state index in [-0.39, 0.29) is 12.2 Å². The molecule has 1 aromatic heterocycles. The molecule has 1 unspecified atom stereocenters. The zero-order chi connectivity index (χ0) is 26.0. The lowest BCUT2D eigenvalue weighted by molar-refractivity contribution is -0.139. The van der Waals surface area contributed by atoms with Crippen molar-refractivity contribution in [3.05, 3.63) is 87.1 Å². The van der Waals surface area contributed by atoms with Gasteiger partial charge < -0.3 is 14.2 Å². The fourth-order valence-electron chi connectivity index (χ4n) is 4.04. The van der Waals surface area contributed by atoms with Gasteiger partial charge >= 0.3 is 5.97 Å². The van der Waals surface area contributed by atoms with Gasteiger partial charge in [-0.1, -0.05) is 41.1 Å². The summed E-state index contributed by atoms with van der Waals surface area (Å²) in [4.78, 5) is 31.8. The highest BCUT2D eigenvalue weighted by atomic mass is 127. The van der Waals surface area contributed by atoms with E-state index in [1.807, 2.05) is 31.2 Å². The second-order valence-corrected chi connectivity index (χ2v) is 10.4. The maximum Gasteiger partial charge on any atom is 0.338 e. The van der Waals surface area contributed by atoms with Gasteiger partial charge in [0.15, 0.2) is 16.3 Å². The summed E-state index contributed by atoms with van der Waals surface area (Å²) in [5.74, 6) is 0.716. The van der Waals surface area contributed by atoms with Gasteiger partial charge in [0, 0.05) is 5.02 Å². The molecule has 1 atom stereocenters. The fourth-order valence-corrected chi connectivity index (χ4v) is 6.11. The summed E-state index contributed by atoms with van der Waals surface area (Å²) in [5.41, 5.74) is 1.91. The molecule has 0 spiro atoms. The van der Waals surface area contributed by atoms with Crippen molar-refractivity contribution in [2.75, 3.05) is 20.3 Å². The van der Waals surface area contributed by atoms with Crippen molar-refractivity contribution < 1.29 is 19.0 Å². The number of fused-ring (bicyclic) bond motifs is 1. The third kappa shape index (κ3) is 4.96. The highest BCUT2D eigenvalue weighted by Crippen LogP contribution is 2.35. The second-order valence-electron chi connectivity index (χ2n) is 7.79. The summed E-state index contributed by atoms with van der Waals surface area (Å²) in [7, 11) is 1.58. The number of benzene rings is 2. The molecule has 0 radical (unpaired) electrons. The lowest BCUT2D eigenvalue weighted by Crippen LogP contribution is -2.40. The molecule has 4 rings (SSSR count). The van der Waals surface area contributed by atoms with Crippen molar-refractivity contribution in [3.8, 4) is 11.5 Å². The maximum atomic E-state index is 13.8. The molecule has 7 nitrogen and oxygen atoms in total. The molecule has 0 fully saturated rings. The summed E-state index contributed by atoms with van der Waals surface area (Å²) in [6, 6.07) is 10.2. The highest BCUT2D eigenvalue weighted by Gasteiger charge is 2.34. The number of carbonyl (C=O) groups is 1. The highest BCUT2D eigenvalue weighted by molar-refractivity contribution is 14.1. The van der Waals surface area contributed by atoms with Gasteiger partial charge in [0.2, 0.25) is 0 Å². The number of nitrogens with zero attached hydrogens (tertiary/aromatic N) is 2. The van der Waals surface area contributed by atoms with Crippen molar-refractivity contribution in [3.63, 3.8) is 0 Å². The van der Waals surface area contributed by atoms with Crippen LogP contribution in [-0.2, 0) is 9.53 Å². The molecule has 0 aliphatic carbocycles. The SMILES string of the molecule is CCOC(=O)C1=C(C)N=c2s/c(=C\c3cc(I)c(OCC)c(OC)c3)c(=O)n2C1c1ccccc1Cl. The smallest absolute Gasteiger partial charge is 0.338 e. The fraction of sp³-hybridized carbons (Fsp3) is 0.269. The van der Waals surface area contributed by atoms with E-state index in [1.165, 1.54) is 15.9 Å². The molecule has 0 N–H and O–H groups in total. The number of halogens is 2. The second kappa shape index (κ2) is 11.2. The zero-order valence-electron chi connectivity index (χ0n) is 20.1. The Bertz CT molecular complexity index is 1540. The molecule has 0 amide bonds. The normalized spacial score (nSPS) is 15.4. The van der Waals surface area contributed by atoms with Gasteiger partial charge in [0.05, 0.1) is 39.7 Å². The number of esters is 1. The first-order chi connectivity index (χ1) is 17.3. The molecule has 0 saturated heterocycles.